The summed E-state index contributed by atoms with van der Waals surface area (Å²) in [6, 6.07) is 9.69. The van der Waals surface area contributed by atoms with Gasteiger partial charge >= 0.3 is 5.97 Å². The van der Waals surface area contributed by atoms with Crippen LogP contribution in [0.5, 0.6) is 0 Å². The molecule has 0 unspecified atom stereocenters. The fourth-order valence-corrected chi connectivity index (χ4v) is 1.83. The van der Waals surface area contributed by atoms with Gasteiger partial charge in [0.05, 0.1) is 0 Å². The molecular weight excluding hydrogens is 254 g/mol. The van der Waals surface area contributed by atoms with Crippen LogP contribution < -0.4 is 4.90 Å². The molecule has 0 aliphatic carbocycles. The zero-order valence-electron chi connectivity index (χ0n) is 11.6. The summed E-state index contributed by atoms with van der Waals surface area (Å²) in [7, 11) is 0. The standard InChI is InChI=1S/C15H17N3O2/c1-11-8-16-15(17-12(11)2)18(10-14(19)20)9-13-6-4-3-5-7-13/h3-8H,9-10H2,1-2H3,(H,19,20). The van der Waals surface area contributed by atoms with Crippen LogP contribution in [0, 0.1) is 13.8 Å². The van der Waals surface area contributed by atoms with Crippen molar-refractivity contribution in [2.24, 2.45) is 0 Å². The summed E-state index contributed by atoms with van der Waals surface area (Å²) in [6.07, 6.45) is 1.72. The van der Waals surface area contributed by atoms with Crippen LogP contribution in [-0.2, 0) is 11.3 Å². The second kappa shape index (κ2) is 6.14. The molecule has 0 saturated heterocycles. The number of nitrogens with zero attached hydrogens (tertiary/aromatic N) is 3. The number of aliphatic carboxylic acids is 1. The first-order valence-corrected chi connectivity index (χ1v) is 6.37. The van der Waals surface area contributed by atoms with Crippen molar-refractivity contribution in [3.8, 4) is 0 Å². The van der Waals surface area contributed by atoms with E-state index < -0.39 is 5.97 Å². The van der Waals surface area contributed by atoms with Gasteiger partial charge in [-0.1, -0.05) is 30.3 Å². The van der Waals surface area contributed by atoms with Crippen molar-refractivity contribution >= 4 is 11.9 Å². The number of rotatable bonds is 5. The van der Waals surface area contributed by atoms with Crippen molar-refractivity contribution in [2.75, 3.05) is 11.4 Å². The minimum absolute atomic E-state index is 0.128. The Morgan fingerprint density at radius 3 is 2.55 bits per heavy atom. The summed E-state index contributed by atoms with van der Waals surface area (Å²) in [4.78, 5) is 21.3. The fraction of sp³-hybridized carbons (Fsp3) is 0.267. The van der Waals surface area contributed by atoms with E-state index in [2.05, 4.69) is 9.97 Å². The van der Waals surface area contributed by atoms with E-state index in [0.29, 0.717) is 12.5 Å². The number of aromatic nitrogens is 2. The summed E-state index contributed by atoms with van der Waals surface area (Å²) < 4.78 is 0. The Balaban J connectivity index is 2.27. The largest absolute Gasteiger partial charge is 0.480 e. The highest BCUT2D eigenvalue weighted by atomic mass is 16.4. The van der Waals surface area contributed by atoms with Crippen LogP contribution in [0.15, 0.2) is 36.5 Å². The molecule has 5 nitrogen and oxygen atoms in total. The SMILES string of the molecule is Cc1cnc(N(CC(=O)O)Cc2ccccc2)nc1C. The molecule has 1 heterocycles. The lowest BCUT2D eigenvalue weighted by Gasteiger charge is -2.21. The van der Waals surface area contributed by atoms with Gasteiger partial charge in [0, 0.05) is 18.4 Å². The lowest BCUT2D eigenvalue weighted by Crippen LogP contribution is -2.31. The zero-order chi connectivity index (χ0) is 14.5. The van der Waals surface area contributed by atoms with Crippen LogP contribution in [0.4, 0.5) is 5.95 Å². The highest BCUT2D eigenvalue weighted by Gasteiger charge is 2.14. The third-order valence-electron chi connectivity index (χ3n) is 3.04. The number of carboxylic acids is 1. The average Bonchev–Trinajstić information content (AvgIpc) is 2.42. The first-order valence-electron chi connectivity index (χ1n) is 6.37. The van der Waals surface area contributed by atoms with E-state index in [1.165, 1.54) is 0 Å². The Bertz CT molecular complexity index is 599. The maximum Gasteiger partial charge on any atom is 0.323 e. The van der Waals surface area contributed by atoms with Gasteiger partial charge in [-0.3, -0.25) is 4.79 Å². The van der Waals surface area contributed by atoms with Crippen LogP contribution in [0.3, 0.4) is 0 Å². The smallest absolute Gasteiger partial charge is 0.323 e. The Morgan fingerprint density at radius 2 is 1.95 bits per heavy atom. The van der Waals surface area contributed by atoms with Gasteiger partial charge in [-0.2, -0.15) is 0 Å². The Kier molecular flexibility index (Phi) is 4.30. The number of carbonyl (C=O) groups is 1. The number of hydrogen-bond acceptors (Lipinski definition) is 4. The Morgan fingerprint density at radius 1 is 1.25 bits per heavy atom. The van der Waals surface area contributed by atoms with Gasteiger partial charge in [0.15, 0.2) is 0 Å². The van der Waals surface area contributed by atoms with Gasteiger partial charge in [0.25, 0.3) is 0 Å². The molecule has 0 saturated carbocycles. The van der Waals surface area contributed by atoms with Crippen LogP contribution in [0.25, 0.3) is 0 Å². The molecule has 104 valence electrons. The number of benzene rings is 1. The summed E-state index contributed by atoms with van der Waals surface area (Å²) in [6.45, 7) is 4.16. The van der Waals surface area contributed by atoms with Gasteiger partial charge in [-0.15, -0.1) is 0 Å². The molecule has 0 aliphatic heterocycles. The molecule has 1 N–H and O–H groups in total. The lowest BCUT2D eigenvalue weighted by molar-refractivity contribution is -0.135. The monoisotopic (exact) mass is 271 g/mol. The van der Waals surface area contributed by atoms with Crippen molar-refractivity contribution in [3.63, 3.8) is 0 Å². The number of aryl methyl sites for hydroxylation is 2. The maximum atomic E-state index is 11.0. The van der Waals surface area contributed by atoms with Crippen LogP contribution in [-0.4, -0.2) is 27.6 Å². The third kappa shape index (κ3) is 3.54. The predicted molar refractivity (Wildman–Crippen MR) is 76.6 cm³/mol. The molecule has 0 atom stereocenters. The van der Waals surface area contributed by atoms with Crippen LogP contribution >= 0.6 is 0 Å². The molecule has 20 heavy (non-hydrogen) atoms. The number of hydrogen-bond donors (Lipinski definition) is 1. The van der Waals surface area contributed by atoms with E-state index in [1.54, 1.807) is 11.1 Å². The second-order valence-corrected chi connectivity index (χ2v) is 4.67. The van der Waals surface area contributed by atoms with Gasteiger partial charge in [0.1, 0.15) is 6.54 Å². The van der Waals surface area contributed by atoms with Gasteiger partial charge in [-0.05, 0) is 25.0 Å². The molecule has 2 aromatic rings. The van der Waals surface area contributed by atoms with Crippen molar-refractivity contribution in [1.82, 2.24) is 9.97 Å². The summed E-state index contributed by atoms with van der Waals surface area (Å²) in [5.74, 6) is -0.456. The predicted octanol–water partition coefficient (Wildman–Crippen LogP) is 2.18. The number of carboxylic acid groups (broad SMARTS) is 1. The molecule has 0 bridgehead atoms. The molecule has 0 aliphatic rings. The number of anilines is 1. The van der Waals surface area contributed by atoms with Gasteiger partial charge in [-0.25, -0.2) is 9.97 Å². The van der Waals surface area contributed by atoms with Crippen LogP contribution in [0.2, 0.25) is 0 Å². The first-order chi connectivity index (χ1) is 9.56. The molecule has 1 aromatic carbocycles. The van der Waals surface area contributed by atoms with Crippen molar-refractivity contribution in [2.45, 2.75) is 20.4 Å². The molecule has 2 rings (SSSR count). The molecule has 0 spiro atoms. The van der Waals surface area contributed by atoms with E-state index in [-0.39, 0.29) is 6.54 Å². The molecule has 1 aromatic heterocycles. The summed E-state index contributed by atoms with van der Waals surface area (Å²) in [5.41, 5.74) is 2.87. The van der Waals surface area contributed by atoms with E-state index in [0.717, 1.165) is 16.8 Å². The second-order valence-electron chi connectivity index (χ2n) is 4.67. The Labute approximate surface area is 117 Å². The fourth-order valence-electron chi connectivity index (χ4n) is 1.83. The van der Waals surface area contributed by atoms with Crippen molar-refractivity contribution < 1.29 is 9.90 Å². The van der Waals surface area contributed by atoms with Gasteiger partial charge in [0.2, 0.25) is 5.95 Å². The quantitative estimate of drug-likeness (QED) is 0.903. The normalized spacial score (nSPS) is 10.3. The molecule has 0 radical (unpaired) electrons. The van der Waals surface area contributed by atoms with E-state index in [9.17, 15) is 4.79 Å². The van der Waals surface area contributed by atoms with Gasteiger partial charge < -0.3 is 10.0 Å². The minimum Gasteiger partial charge on any atom is -0.480 e. The molecule has 0 fully saturated rings. The minimum atomic E-state index is -0.900. The van der Waals surface area contributed by atoms with Crippen molar-refractivity contribution in [3.05, 3.63) is 53.3 Å². The summed E-state index contributed by atoms with van der Waals surface area (Å²) >= 11 is 0. The van der Waals surface area contributed by atoms with Crippen LogP contribution in [0.1, 0.15) is 16.8 Å². The topological polar surface area (TPSA) is 66.3 Å². The zero-order valence-corrected chi connectivity index (χ0v) is 11.6. The first kappa shape index (κ1) is 14.0. The van der Waals surface area contributed by atoms with E-state index in [1.807, 2.05) is 44.2 Å². The Hall–Kier alpha value is -2.43. The molecule has 0 amide bonds. The van der Waals surface area contributed by atoms with Crippen molar-refractivity contribution in [1.29, 1.82) is 0 Å². The highest BCUT2D eigenvalue weighted by molar-refractivity contribution is 5.72. The summed E-state index contributed by atoms with van der Waals surface area (Å²) in [5, 5.41) is 9.05. The average molecular weight is 271 g/mol. The van der Waals surface area contributed by atoms with E-state index in [4.69, 9.17) is 5.11 Å². The maximum absolute atomic E-state index is 11.0. The lowest BCUT2D eigenvalue weighted by atomic mass is 10.2. The third-order valence-corrected chi connectivity index (χ3v) is 3.04. The molecular formula is C15H17N3O2. The molecule has 5 heteroatoms. The highest BCUT2D eigenvalue weighted by Crippen LogP contribution is 2.14. The van der Waals surface area contributed by atoms with E-state index >= 15 is 0 Å².